The molecule has 2 amide bonds. The first-order chi connectivity index (χ1) is 16.3. The summed E-state index contributed by atoms with van der Waals surface area (Å²) in [6.07, 6.45) is 5.36. The molecule has 188 valence electrons. The predicted octanol–water partition coefficient (Wildman–Crippen LogP) is 2.23. The molecule has 1 unspecified atom stereocenters. The zero-order chi connectivity index (χ0) is 24.3. The number of hydrogen-bond donors (Lipinski definition) is 1. The number of carbonyl (C=O) groups excluding carboxylic acids is 2. The van der Waals surface area contributed by atoms with Crippen LogP contribution in [0.1, 0.15) is 51.5 Å². The van der Waals surface area contributed by atoms with E-state index in [1.54, 1.807) is 23.1 Å². The smallest absolute Gasteiger partial charge is 0.243 e. The van der Waals surface area contributed by atoms with E-state index < -0.39 is 10.0 Å². The minimum absolute atomic E-state index is 0.0312. The van der Waals surface area contributed by atoms with Crippen molar-refractivity contribution in [1.29, 1.82) is 0 Å². The molecule has 0 aliphatic carbocycles. The van der Waals surface area contributed by atoms with Crippen LogP contribution in [0.15, 0.2) is 23.1 Å². The van der Waals surface area contributed by atoms with Crippen LogP contribution in [0, 0.1) is 11.8 Å². The number of amides is 2. The van der Waals surface area contributed by atoms with E-state index in [4.69, 9.17) is 0 Å². The van der Waals surface area contributed by atoms with E-state index in [2.05, 4.69) is 17.1 Å². The van der Waals surface area contributed by atoms with E-state index in [1.165, 1.54) is 24.1 Å². The summed E-state index contributed by atoms with van der Waals surface area (Å²) in [5, 5.41) is 3.04. The van der Waals surface area contributed by atoms with E-state index in [0.29, 0.717) is 32.5 Å². The number of anilines is 1. The molecular weight excluding hydrogens is 452 g/mol. The van der Waals surface area contributed by atoms with Crippen molar-refractivity contribution < 1.29 is 18.0 Å². The molecule has 2 saturated heterocycles. The van der Waals surface area contributed by atoms with E-state index in [0.717, 1.165) is 49.6 Å². The highest BCUT2D eigenvalue weighted by Crippen LogP contribution is 2.31. The maximum absolute atomic E-state index is 13.4. The number of aryl methyl sites for hydroxylation is 1. The van der Waals surface area contributed by atoms with Crippen molar-refractivity contribution in [2.45, 2.75) is 57.3 Å². The van der Waals surface area contributed by atoms with E-state index in [9.17, 15) is 18.0 Å². The third-order valence-corrected chi connectivity index (χ3v) is 9.41. The van der Waals surface area contributed by atoms with Crippen LogP contribution in [0.3, 0.4) is 0 Å². The van der Waals surface area contributed by atoms with Gasteiger partial charge in [0, 0.05) is 45.3 Å². The Labute approximate surface area is 203 Å². The zero-order valence-electron chi connectivity index (χ0n) is 20.5. The molecule has 1 N–H and O–H groups in total. The highest BCUT2D eigenvalue weighted by Gasteiger charge is 2.34. The number of fused-ring (bicyclic) bond motifs is 1. The van der Waals surface area contributed by atoms with Gasteiger partial charge in [-0.3, -0.25) is 9.59 Å². The first-order valence-corrected chi connectivity index (χ1v) is 14.1. The standard InChI is InChI=1S/C25H38N4O4S/c1-19-9-14-27(15-10-19)16-11-26-25(31)22-6-3-12-28(18-22)34(32,33)23-7-8-24-21(17-23)5-4-13-29(24)20(2)30/h7-8,17,19,22H,3-6,9-16,18H2,1-2H3,(H,26,31). The van der Waals surface area contributed by atoms with Crippen molar-refractivity contribution in [1.82, 2.24) is 14.5 Å². The molecule has 3 heterocycles. The Morgan fingerprint density at radius 3 is 2.56 bits per heavy atom. The Morgan fingerprint density at radius 1 is 1.06 bits per heavy atom. The molecule has 2 fully saturated rings. The molecule has 9 heteroatoms. The molecule has 3 aliphatic rings. The van der Waals surface area contributed by atoms with Crippen LogP contribution < -0.4 is 10.2 Å². The van der Waals surface area contributed by atoms with Crippen LogP contribution in [0.4, 0.5) is 5.69 Å². The van der Waals surface area contributed by atoms with Gasteiger partial charge in [0.25, 0.3) is 0 Å². The van der Waals surface area contributed by atoms with Gasteiger partial charge in [0.05, 0.1) is 10.8 Å². The van der Waals surface area contributed by atoms with Crippen LogP contribution in [0.25, 0.3) is 0 Å². The summed E-state index contributed by atoms with van der Waals surface area (Å²) in [7, 11) is -3.70. The number of nitrogens with zero attached hydrogens (tertiary/aromatic N) is 3. The second-order valence-corrected chi connectivity index (χ2v) is 12.0. The summed E-state index contributed by atoms with van der Waals surface area (Å²) in [6.45, 7) is 8.73. The van der Waals surface area contributed by atoms with Crippen LogP contribution in [0.5, 0.6) is 0 Å². The van der Waals surface area contributed by atoms with Gasteiger partial charge in [-0.25, -0.2) is 8.42 Å². The molecule has 3 aliphatic heterocycles. The summed E-state index contributed by atoms with van der Waals surface area (Å²) in [5.74, 6) is 0.379. The third kappa shape index (κ3) is 5.63. The highest BCUT2D eigenvalue weighted by molar-refractivity contribution is 7.89. The highest BCUT2D eigenvalue weighted by atomic mass is 32.2. The Bertz CT molecular complexity index is 1000. The molecule has 0 radical (unpaired) electrons. The molecule has 0 bridgehead atoms. The van der Waals surface area contributed by atoms with Crippen LogP contribution >= 0.6 is 0 Å². The van der Waals surface area contributed by atoms with E-state index in [1.807, 2.05) is 0 Å². The van der Waals surface area contributed by atoms with Crippen molar-refractivity contribution in [2.75, 3.05) is 50.7 Å². The molecule has 1 aromatic carbocycles. The lowest BCUT2D eigenvalue weighted by Gasteiger charge is -2.33. The lowest BCUT2D eigenvalue weighted by atomic mass is 9.98. The largest absolute Gasteiger partial charge is 0.355 e. The molecular formula is C25H38N4O4S. The Balaban J connectivity index is 1.36. The van der Waals surface area contributed by atoms with Crippen molar-refractivity contribution in [3.8, 4) is 0 Å². The summed E-state index contributed by atoms with van der Waals surface area (Å²) >= 11 is 0. The summed E-state index contributed by atoms with van der Waals surface area (Å²) in [6, 6.07) is 5.06. The maximum atomic E-state index is 13.4. The first kappa shape index (κ1) is 25.1. The molecule has 4 rings (SSSR count). The Hall–Kier alpha value is -1.97. The van der Waals surface area contributed by atoms with Crippen LogP contribution in [0.2, 0.25) is 0 Å². The monoisotopic (exact) mass is 490 g/mol. The fourth-order valence-corrected chi connectivity index (χ4v) is 6.93. The van der Waals surface area contributed by atoms with Gasteiger partial charge in [0.15, 0.2) is 0 Å². The SMILES string of the molecule is CC(=O)N1CCCc2cc(S(=O)(=O)N3CCCC(C(=O)NCCN4CCC(C)CC4)C3)ccc21. The van der Waals surface area contributed by atoms with Gasteiger partial charge >= 0.3 is 0 Å². The predicted molar refractivity (Wildman–Crippen MR) is 132 cm³/mol. The first-order valence-electron chi connectivity index (χ1n) is 12.7. The van der Waals surface area contributed by atoms with Gasteiger partial charge in [-0.15, -0.1) is 0 Å². The van der Waals surface area contributed by atoms with Gasteiger partial charge < -0.3 is 15.1 Å². The second kappa shape index (κ2) is 10.7. The lowest BCUT2D eigenvalue weighted by molar-refractivity contribution is -0.126. The van der Waals surface area contributed by atoms with E-state index >= 15 is 0 Å². The summed E-state index contributed by atoms with van der Waals surface area (Å²) in [5.41, 5.74) is 1.69. The lowest BCUT2D eigenvalue weighted by Crippen LogP contribution is -2.47. The van der Waals surface area contributed by atoms with Crippen molar-refractivity contribution in [3.05, 3.63) is 23.8 Å². The molecule has 8 nitrogen and oxygen atoms in total. The molecule has 1 aromatic rings. The molecule has 0 saturated carbocycles. The summed E-state index contributed by atoms with van der Waals surface area (Å²) in [4.78, 5) is 29.1. The molecule has 34 heavy (non-hydrogen) atoms. The average Bonchev–Trinajstić information content (AvgIpc) is 2.84. The Morgan fingerprint density at radius 2 is 1.82 bits per heavy atom. The molecule has 1 atom stereocenters. The zero-order valence-corrected chi connectivity index (χ0v) is 21.3. The number of nitrogens with one attached hydrogen (secondary N) is 1. The maximum Gasteiger partial charge on any atom is 0.243 e. The number of likely N-dealkylation sites (tertiary alicyclic amines) is 1. The topological polar surface area (TPSA) is 90.0 Å². The number of carbonyl (C=O) groups is 2. The van der Waals surface area contributed by atoms with Gasteiger partial charge in [-0.05, 0) is 81.3 Å². The minimum Gasteiger partial charge on any atom is -0.355 e. The second-order valence-electron chi connectivity index (χ2n) is 10.1. The summed E-state index contributed by atoms with van der Waals surface area (Å²) < 4.78 is 28.3. The number of rotatable bonds is 6. The van der Waals surface area contributed by atoms with Crippen LogP contribution in [-0.4, -0.2) is 75.3 Å². The van der Waals surface area contributed by atoms with Crippen LogP contribution in [-0.2, 0) is 26.0 Å². The normalized spacial score (nSPS) is 22.9. The fraction of sp³-hybridized carbons (Fsp3) is 0.680. The van der Waals surface area contributed by atoms with Gasteiger partial charge in [0.1, 0.15) is 0 Å². The number of sulfonamides is 1. The van der Waals surface area contributed by atoms with Crippen molar-refractivity contribution in [2.24, 2.45) is 11.8 Å². The Kier molecular flexibility index (Phi) is 7.94. The average molecular weight is 491 g/mol. The molecule has 0 spiro atoms. The fourth-order valence-electron chi connectivity index (χ4n) is 5.35. The minimum atomic E-state index is -3.70. The van der Waals surface area contributed by atoms with E-state index in [-0.39, 0.29) is 29.2 Å². The number of hydrogen-bond acceptors (Lipinski definition) is 5. The molecule has 0 aromatic heterocycles. The number of piperidine rings is 2. The quantitative estimate of drug-likeness (QED) is 0.661. The van der Waals surface area contributed by atoms with Gasteiger partial charge in [0.2, 0.25) is 21.8 Å². The number of benzene rings is 1. The van der Waals surface area contributed by atoms with Gasteiger partial charge in [-0.1, -0.05) is 6.92 Å². The third-order valence-electron chi connectivity index (χ3n) is 7.55. The van der Waals surface area contributed by atoms with Crippen molar-refractivity contribution >= 4 is 27.5 Å². The van der Waals surface area contributed by atoms with Crippen molar-refractivity contribution in [3.63, 3.8) is 0 Å². The van der Waals surface area contributed by atoms with Gasteiger partial charge in [-0.2, -0.15) is 4.31 Å².